The lowest BCUT2D eigenvalue weighted by atomic mass is 9.97. The number of benzene rings is 1. The molecular weight excluding hydrogens is 384 g/mol. The van der Waals surface area contributed by atoms with Crippen molar-refractivity contribution < 1.29 is 4.79 Å². The van der Waals surface area contributed by atoms with Crippen molar-refractivity contribution >= 4 is 17.5 Å². The maximum absolute atomic E-state index is 12.8. The number of H-pyrrole nitrogens is 1. The van der Waals surface area contributed by atoms with Gasteiger partial charge in [0.25, 0.3) is 5.91 Å². The summed E-state index contributed by atoms with van der Waals surface area (Å²) in [6.45, 7) is 8.34. The van der Waals surface area contributed by atoms with Gasteiger partial charge in [-0.15, -0.1) is 0 Å². The molecule has 0 spiro atoms. The number of aromatic nitrogens is 2. The van der Waals surface area contributed by atoms with Crippen LogP contribution in [0, 0.1) is 11.8 Å². The van der Waals surface area contributed by atoms with Crippen molar-refractivity contribution in [3.05, 3.63) is 52.3 Å². The predicted octanol–water partition coefficient (Wildman–Crippen LogP) is 4.29. The third-order valence-corrected chi connectivity index (χ3v) is 5.84. The highest BCUT2D eigenvalue weighted by atomic mass is 35.5. The zero-order chi connectivity index (χ0) is 20.8. The summed E-state index contributed by atoms with van der Waals surface area (Å²) in [5.41, 5.74) is 2.88. The molecule has 0 saturated carbocycles. The topological polar surface area (TPSA) is 52.2 Å². The summed E-state index contributed by atoms with van der Waals surface area (Å²) in [5.74, 6) is 1.06. The lowest BCUT2D eigenvalue weighted by molar-refractivity contribution is 0.0724. The molecule has 158 valence electrons. The van der Waals surface area contributed by atoms with Crippen molar-refractivity contribution in [3.8, 4) is 0 Å². The zero-order valence-electron chi connectivity index (χ0n) is 17.8. The van der Waals surface area contributed by atoms with E-state index in [-0.39, 0.29) is 5.91 Å². The van der Waals surface area contributed by atoms with Crippen LogP contribution in [0.2, 0.25) is 5.02 Å². The van der Waals surface area contributed by atoms with E-state index in [0.29, 0.717) is 17.5 Å². The first-order chi connectivity index (χ1) is 13.9. The minimum Gasteiger partial charge on any atom is -0.340 e. The Hall–Kier alpha value is -1.85. The van der Waals surface area contributed by atoms with Gasteiger partial charge in [0.15, 0.2) is 0 Å². The number of likely N-dealkylation sites (tertiary alicyclic amines) is 1. The van der Waals surface area contributed by atoms with Crippen molar-refractivity contribution in [1.82, 2.24) is 20.0 Å². The van der Waals surface area contributed by atoms with Crippen molar-refractivity contribution in [2.75, 3.05) is 33.2 Å². The number of hydrogen-bond donors (Lipinski definition) is 1. The molecule has 1 atom stereocenters. The highest BCUT2D eigenvalue weighted by Crippen LogP contribution is 2.19. The van der Waals surface area contributed by atoms with Crippen molar-refractivity contribution in [1.29, 1.82) is 0 Å². The first-order valence-electron chi connectivity index (χ1n) is 10.7. The van der Waals surface area contributed by atoms with E-state index in [9.17, 15) is 4.79 Å². The van der Waals surface area contributed by atoms with Crippen LogP contribution in [-0.2, 0) is 12.8 Å². The molecule has 1 aromatic carbocycles. The molecule has 1 aliphatic rings. The average molecular weight is 417 g/mol. The Labute approximate surface area is 179 Å². The van der Waals surface area contributed by atoms with E-state index in [4.69, 9.17) is 11.6 Å². The van der Waals surface area contributed by atoms with Gasteiger partial charge in [-0.25, -0.2) is 0 Å². The number of halogens is 1. The Bertz CT molecular complexity index is 786. The van der Waals surface area contributed by atoms with Crippen LogP contribution >= 0.6 is 11.6 Å². The van der Waals surface area contributed by atoms with Crippen molar-refractivity contribution in [2.24, 2.45) is 11.8 Å². The third kappa shape index (κ3) is 6.58. The minimum absolute atomic E-state index is 0.00884. The molecule has 1 N–H and O–H groups in total. The van der Waals surface area contributed by atoms with Gasteiger partial charge in [0.05, 0.1) is 0 Å². The van der Waals surface area contributed by atoms with Gasteiger partial charge < -0.3 is 9.80 Å². The SMILES string of the molecule is CC(C)Cc1cc(C(=O)N(C)C[C@@H]2CCCN(CCc3ccc(Cl)cc3)C2)n[nH]1. The molecule has 1 aliphatic heterocycles. The Kier molecular flexibility index (Phi) is 7.73. The van der Waals surface area contributed by atoms with E-state index in [1.54, 1.807) is 0 Å². The molecule has 5 nitrogen and oxygen atoms in total. The Morgan fingerprint density at radius 3 is 2.83 bits per heavy atom. The third-order valence-electron chi connectivity index (χ3n) is 5.59. The van der Waals surface area contributed by atoms with Crippen LogP contribution in [0.15, 0.2) is 30.3 Å². The van der Waals surface area contributed by atoms with Crippen LogP contribution in [0.25, 0.3) is 0 Å². The largest absolute Gasteiger partial charge is 0.340 e. The van der Waals surface area contributed by atoms with Gasteiger partial charge in [-0.3, -0.25) is 9.89 Å². The van der Waals surface area contributed by atoms with Crippen LogP contribution in [-0.4, -0.2) is 59.1 Å². The number of nitrogens with zero attached hydrogens (tertiary/aromatic N) is 3. The van der Waals surface area contributed by atoms with Gasteiger partial charge in [0, 0.05) is 37.4 Å². The summed E-state index contributed by atoms with van der Waals surface area (Å²) >= 11 is 5.97. The predicted molar refractivity (Wildman–Crippen MR) is 118 cm³/mol. The van der Waals surface area contributed by atoms with E-state index in [2.05, 4.69) is 41.1 Å². The second-order valence-electron chi connectivity index (χ2n) is 8.75. The molecular formula is C23H33ClN4O. The maximum Gasteiger partial charge on any atom is 0.274 e. The molecule has 1 amide bonds. The van der Waals surface area contributed by atoms with Gasteiger partial charge in [-0.2, -0.15) is 5.10 Å². The highest BCUT2D eigenvalue weighted by Gasteiger charge is 2.24. The molecule has 2 heterocycles. The molecule has 1 fully saturated rings. The summed E-state index contributed by atoms with van der Waals surface area (Å²) < 4.78 is 0. The second-order valence-corrected chi connectivity index (χ2v) is 9.18. The maximum atomic E-state index is 12.8. The van der Waals surface area contributed by atoms with E-state index in [0.717, 1.165) is 49.7 Å². The molecule has 6 heteroatoms. The molecule has 0 aliphatic carbocycles. The van der Waals surface area contributed by atoms with Gasteiger partial charge in [-0.05, 0) is 67.8 Å². The molecule has 3 rings (SSSR count). The van der Waals surface area contributed by atoms with Gasteiger partial charge in [0.1, 0.15) is 5.69 Å². The molecule has 0 unspecified atom stereocenters. The number of nitrogens with one attached hydrogen (secondary N) is 1. The fourth-order valence-corrected chi connectivity index (χ4v) is 4.25. The first-order valence-corrected chi connectivity index (χ1v) is 11.0. The van der Waals surface area contributed by atoms with Crippen LogP contribution < -0.4 is 0 Å². The molecule has 1 aromatic heterocycles. The molecule has 29 heavy (non-hydrogen) atoms. The average Bonchev–Trinajstić information content (AvgIpc) is 3.15. The summed E-state index contributed by atoms with van der Waals surface area (Å²) in [6.07, 6.45) is 4.31. The molecule has 0 bridgehead atoms. The first kappa shape index (κ1) is 21.8. The second kappa shape index (κ2) is 10.3. The van der Waals surface area contributed by atoms with Crippen molar-refractivity contribution in [3.63, 3.8) is 0 Å². The Balaban J connectivity index is 1.48. The number of hydrogen-bond acceptors (Lipinski definition) is 3. The summed E-state index contributed by atoms with van der Waals surface area (Å²) in [7, 11) is 1.89. The molecule has 0 radical (unpaired) electrons. The summed E-state index contributed by atoms with van der Waals surface area (Å²) in [4.78, 5) is 17.1. The summed E-state index contributed by atoms with van der Waals surface area (Å²) in [6, 6.07) is 10.0. The van der Waals surface area contributed by atoms with Gasteiger partial charge >= 0.3 is 0 Å². The number of carbonyl (C=O) groups excluding carboxylic acids is 1. The van der Waals surface area contributed by atoms with E-state index in [1.807, 2.05) is 30.1 Å². The van der Waals surface area contributed by atoms with Crippen LogP contribution in [0.4, 0.5) is 0 Å². The lowest BCUT2D eigenvalue weighted by Crippen LogP contribution is -2.42. The quantitative estimate of drug-likeness (QED) is 0.698. The number of amides is 1. The fourth-order valence-electron chi connectivity index (χ4n) is 4.12. The molecule has 1 saturated heterocycles. The van der Waals surface area contributed by atoms with E-state index >= 15 is 0 Å². The van der Waals surface area contributed by atoms with Crippen molar-refractivity contribution in [2.45, 2.75) is 39.5 Å². The number of piperidine rings is 1. The standard InChI is InChI=1S/C23H33ClN4O/c1-17(2)13-21-14-22(26-25-21)23(29)27(3)15-19-5-4-11-28(16-19)12-10-18-6-8-20(24)9-7-18/h6-9,14,17,19H,4-5,10-13,15-16H2,1-3H3,(H,25,26)/t19-/m0/s1. The highest BCUT2D eigenvalue weighted by molar-refractivity contribution is 6.30. The zero-order valence-corrected chi connectivity index (χ0v) is 18.6. The Morgan fingerprint density at radius 2 is 2.10 bits per heavy atom. The molecule has 2 aromatic rings. The van der Waals surface area contributed by atoms with Crippen LogP contribution in [0.3, 0.4) is 0 Å². The number of carbonyl (C=O) groups is 1. The van der Waals surface area contributed by atoms with Gasteiger partial charge in [-0.1, -0.05) is 37.6 Å². The van der Waals surface area contributed by atoms with Crippen LogP contribution in [0.1, 0.15) is 48.4 Å². The van der Waals surface area contributed by atoms with Crippen LogP contribution in [0.5, 0.6) is 0 Å². The monoisotopic (exact) mass is 416 g/mol. The number of rotatable bonds is 8. The Morgan fingerprint density at radius 1 is 1.34 bits per heavy atom. The normalized spacial score (nSPS) is 17.6. The van der Waals surface area contributed by atoms with E-state index < -0.39 is 0 Å². The summed E-state index contributed by atoms with van der Waals surface area (Å²) in [5, 5.41) is 8.02. The minimum atomic E-state index is 0.00884. The fraction of sp³-hybridized carbons (Fsp3) is 0.565. The van der Waals surface area contributed by atoms with Gasteiger partial charge in [0.2, 0.25) is 0 Å². The smallest absolute Gasteiger partial charge is 0.274 e. The lowest BCUT2D eigenvalue weighted by Gasteiger charge is -2.34. The van der Waals surface area contributed by atoms with E-state index in [1.165, 1.54) is 18.4 Å². The number of aromatic amines is 1.